The lowest BCUT2D eigenvalue weighted by molar-refractivity contribution is -0.123. The molecule has 3 aromatic rings. The number of benzene rings is 2. The highest BCUT2D eigenvalue weighted by atomic mass is 32.2. The van der Waals surface area contributed by atoms with Crippen LogP contribution in [0.5, 0.6) is 0 Å². The van der Waals surface area contributed by atoms with Crippen LogP contribution in [0.3, 0.4) is 0 Å². The predicted molar refractivity (Wildman–Crippen MR) is 123 cm³/mol. The maximum atomic E-state index is 13.1. The highest BCUT2D eigenvalue weighted by Gasteiger charge is 2.22. The molecule has 0 fully saturated rings. The van der Waals surface area contributed by atoms with E-state index in [1.165, 1.54) is 23.9 Å². The van der Waals surface area contributed by atoms with Crippen molar-refractivity contribution in [2.45, 2.75) is 43.8 Å². The Bertz CT molecular complexity index is 1270. The molecular formula is C22H25N3O4S2. The summed E-state index contributed by atoms with van der Waals surface area (Å²) in [5.74, 6) is 0.294. The molecule has 9 heteroatoms. The maximum absolute atomic E-state index is 13.1. The van der Waals surface area contributed by atoms with E-state index >= 15 is 0 Å². The molecule has 7 nitrogen and oxygen atoms in total. The number of hydrogen-bond donors (Lipinski definition) is 1. The Morgan fingerprint density at radius 2 is 1.74 bits per heavy atom. The van der Waals surface area contributed by atoms with Gasteiger partial charge in [0, 0.05) is 12.0 Å². The Balaban J connectivity index is 1.91. The zero-order valence-corrected chi connectivity index (χ0v) is 19.3. The minimum Gasteiger partial charge on any atom is -0.298 e. The molecule has 0 radical (unpaired) electrons. The first-order valence-electron chi connectivity index (χ1n) is 9.74. The summed E-state index contributed by atoms with van der Waals surface area (Å²) in [6, 6.07) is 13.4. The largest absolute Gasteiger partial charge is 0.298 e. The Labute approximate surface area is 185 Å². The fourth-order valence-electron chi connectivity index (χ4n) is 2.89. The second-order valence-corrected chi connectivity index (χ2v) is 10.8. The van der Waals surface area contributed by atoms with Crippen molar-refractivity contribution in [3.63, 3.8) is 0 Å². The summed E-state index contributed by atoms with van der Waals surface area (Å²) in [7, 11) is -3.75. The summed E-state index contributed by atoms with van der Waals surface area (Å²) in [6.07, 6.45) is 0.492. The smallest absolute Gasteiger partial charge is 0.262 e. The second-order valence-electron chi connectivity index (χ2n) is 8.27. The average Bonchev–Trinajstić information content (AvgIpc) is 2.70. The van der Waals surface area contributed by atoms with E-state index in [9.17, 15) is 18.0 Å². The normalized spacial score (nSPS) is 12.3. The highest BCUT2D eigenvalue weighted by molar-refractivity contribution is 7.99. The molecule has 164 valence electrons. The lowest BCUT2D eigenvalue weighted by atomic mass is 9.92. The van der Waals surface area contributed by atoms with Crippen LogP contribution in [0.2, 0.25) is 0 Å². The number of sulfonamides is 1. The van der Waals surface area contributed by atoms with Gasteiger partial charge in [0.25, 0.3) is 5.56 Å². The molecule has 0 aliphatic heterocycles. The Morgan fingerprint density at radius 3 is 2.35 bits per heavy atom. The van der Waals surface area contributed by atoms with Crippen LogP contribution < -0.4 is 10.7 Å². The van der Waals surface area contributed by atoms with Crippen LogP contribution in [-0.2, 0) is 27.8 Å². The molecule has 3 rings (SSSR count). The van der Waals surface area contributed by atoms with Crippen molar-refractivity contribution < 1.29 is 13.2 Å². The zero-order chi connectivity index (χ0) is 22.8. The van der Waals surface area contributed by atoms with Crippen LogP contribution in [0.1, 0.15) is 26.3 Å². The van der Waals surface area contributed by atoms with Gasteiger partial charge in [-0.1, -0.05) is 56.8 Å². The fraction of sp³-hybridized carbons (Fsp3) is 0.318. The van der Waals surface area contributed by atoms with Gasteiger partial charge in [0.15, 0.2) is 5.16 Å². The number of thioether (sulfide) groups is 1. The molecule has 2 aromatic carbocycles. The van der Waals surface area contributed by atoms with Crippen LogP contribution in [-0.4, -0.2) is 29.5 Å². The summed E-state index contributed by atoms with van der Waals surface area (Å²) >= 11 is 1.26. The van der Waals surface area contributed by atoms with Gasteiger partial charge in [0.05, 0.1) is 21.6 Å². The second kappa shape index (κ2) is 8.94. The molecule has 0 saturated heterocycles. The van der Waals surface area contributed by atoms with E-state index < -0.39 is 15.4 Å². The van der Waals surface area contributed by atoms with Crippen molar-refractivity contribution >= 4 is 38.5 Å². The number of aromatic nitrogens is 2. The van der Waals surface area contributed by atoms with E-state index in [0.29, 0.717) is 29.0 Å². The van der Waals surface area contributed by atoms with Crippen LogP contribution >= 0.6 is 11.8 Å². The molecule has 0 aliphatic carbocycles. The maximum Gasteiger partial charge on any atom is 0.262 e. The molecular weight excluding hydrogens is 434 g/mol. The molecule has 31 heavy (non-hydrogen) atoms. The number of aryl methyl sites for hydroxylation is 1. The zero-order valence-electron chi connectivity index (χ0n) is 17.7. The third-order valence-corrected chi connectivity index (χ3v) is 6.78. The number of primary sulfonamides is 1. The number of nitrogens with two attached hydrogens (primary N) is 1. The van der Waals surface area contributed by atoms with Gasteiger partial charge in [-0.05, 0) is 36.2 Å². The first-order valence-corrected chi connectivity index (χ1v) is 12.3. The van der Waals surface area contributed by atoms with Gasteiger partial charge < -0.3 is 0 Å². The van der Waals surface area contributed by atoms with Gasteiger partial charge >= 0.3 is 0 Å². The van der Waals surface area contributed by atoms with Crippen molar-refractivity contribution in [1.29, 1.82) is 0 Å². The van der Waals surface area contributed by atoms with Crippen LogP contribution in [0, 0.1) is 5.41 Å². The molecule has 1 heterocycles. The number of hydrogen-bond acceptors (Lipinski definition) is 6. The number of ketones is 1. The number of rotatable bonds is 7. The number of nitrogens with zero attached hydrogens (tertiary/aromatic N) is 2. The highest BCUT2D eigenvalue weighted by Crippen LogP contribution is 2.23. The van der Waals surface area contributed by atoms with Crippen molar-refractivity contribution in [3.8, 4) is 0 Å². The van der Waals surface area contributed by atoms with Crippen molar-refractivity contribution in [2.75, 3.05) is 5.75 Å². The van der Waals surface area contributed by atoms with Gasteiger partial charge in [-0.3, -0.25) is 14.2 Å². The number of carbonyl (C=O) groups is 1. The Morgan fingerprint density at radius 1 is 1.10 bits per heavy atom. The van der Waals surface area contributed by atoms with Crippen LogP contribution in [0.25, 0.3) is 10.9 Å². The predicted octanol–water partition coefficient (Wildman–Crippen LogP) is 2.99. The number of Topliss-reactive ketones (excluding diaryl/α,β-unsaturated/α-hetero) is 1. The van der Waals surface area contributed by atoms with Crippen LogP contribution in [0.4, 0.5) is 0 Å². The molecule has 0 spiro atoms. The minimum absolute atomic E-state index is 0.0396. The summed E-state index contributed by atoms with van der Waals surface area (Å²) in [6.45, 7) is 5.93. The number of para-hydroxylation sites is 1. The first-order chi connectivity index (χ1) is 14.5. The van der Waals surface area contributed by atoms with E-state index in [2.05, 4.69) is 4.98 Å². The molecule has 0 amide bonds. The molecule has 0 saturated carbocycles. The quantitative estimate of drug-likeness (QED) is 0.429. The van der Waals surface area contributed by atoms with Gasteiger partial charge in [-0.15, -0.1) is 0 Å². The van der Waals surface area contributed by atoms with Crippen LogP contribution in [0.15, 0.2) is 63.4 Å². The standard InChI is InChI=1S/C22H25N3O4S2/c1-22(2,3)19(26)14-30-21-24-18-7-5-4-6-17(18)20(27)25(21)13-12-15-8-10-16(11-9-15)31(23,28)29/h4-11H,12-14H2,1-3H3,(H2,23,28,29). The summed E-state index contributed by atoms with van der Waals surface area (Å²) in [4.78, 5) is 30.2. The van der Waals surface area contributed by atoms with Crippen molar-refractivity contribution in [2.24, 2.45) is 10.6 Å². The van der Waals surface area contributed by atoms with E-state index in [4.69, 9.17) is 5.14 Å². The summed E-state index contributed by atoms with van der Waals surface area (Å²) < 4.78 is 24.4. The lowest BCUT2D eigenvalue weighted by Crippen LogP contribution is -2.26. The SMILES string of the molecule is CC(C)(C)C(=O)CSc1nc2ccccc2c(=O)n1CCc1ccc(S(N)(=O)=O)cc1. The van der Waals surface area contributed by atoms with Gasteiger partial charge in [-0.2, -0.15) is 0 Å². The van der Waals surface area contributed by atoms with Crippen molar-refractivity contribution in [3.05, 3.63) is 64.4 Å². The third-order valence-electron chi connectivity index (χ3n) is 4.87. The first kappa shape index (κ1) is 23.2. The topological polar surface area (TPSA) is 112 Å². The molecule has 0 unspecified atom stereocenters. The monoisotopic (exact) mass is 459 g/mol. The fourth-order valence-corrected chi connectivity index (χ4v) is 4.59. The molecule has 0 bridgehead atoms. The molecule has 2 N–H and O–H groups in total. The number of carbonyl (C=O) groups excluding carboxylic acids is 1. The summed E-state index contributed by atoms with van der Waals surface area (Å²) in [5, 5.41) is 6.14. The number of fused-ring (bicyclic) bond motifs is 1. The Kier molecular flexibility index (Phi) is 6.68. The average molecular weight is 460 g/mol. The lowest BCUT2D eigenvalue weighted by Gasteiger charge is -2.17. The third kappa shape index (κ3) is 5.61. The van der Waals surface area contributed by atoms with E-state index in [1.54, 1.807) is 34.9 Å². The van der Waals surface area contributed by atoms with E-state index in [0.717, 1.165) is 5.56 Å². The van der Waals surface area contributed by atoms with Gasteiger partial charge in [0.1, 0.15) is 5.78 Å². The molecule has 1 aromatic heterocycles. The van der Waals surface area contributed by atoms with Gasteiger partial charge in [0.2, 0.25) is 10.0 Å². The molecule has 0 atom stereocenters. The minimum atomic E-state index is -3.75. The van der Waals surface area contributed by atoms with E-state index in [-0.39, 0.29) is 22.0 Å². The molecule has 0 aliphatic rings. The van der Waals surface area contributed by atoms with Gasteiger partial charge in [-0.25, -0.2) is 18.5 Å². The van der Waals surface area contributed by atoms with Crippen molar-refractivity contribution in [1.82, 2.24) is 9.55 Å². The summed E-state index contributed by atoms with van der Waals surface area (Å²) in [5.41, 5.74) is 0.804. The Hall–Kier alpha value is -2.49. The van der Waals surface area contributed by atoms with E-state index in [1.807, 2.05) is 26.8 Å².